The molecule has 3 rings (SSSR count). The van der Waals surface area contributed by atoms with Gasteiger partial charge in [-0.05, 0) is 50.6 Å². The average Bonchev–Trinajstić information content (AvgIpc) is 2.78. The molecule has 2 aromatic rings. The third-order valence-electron chi connectivity index (χ3n) is 4.76. The minimum atomic E-state index is -3.68. The van der Waals surface area contributed by atoms with Crippen molar-refractivity contribution in [1.29, 1.82) is 0 Å². The topological polar surface area (TPSA) is 75.7 Å². The molecule has 6 nitrogen and oxygen atoms in total. The van der Waals surface area contributed by atoms with Crippen molar-refractivity contribution < 1.29 is 17.9 Å². The molecular weight excluding hydrogens is 364 g/mol. The van der Waals surface area contributed by atoms with Gasteiger partial charge in [-0.25, -0.2) is 8.42 Å². The molecular formula is C20H24N2O4S. The van der Waals surface area contributed by atoms with Crippen LogP contribution in [0.5, 0.6) is 5.75 Å². The van der Waals surface area contributed by atoms with E-state index in [9.17, 15) is 13.2 Å². The van der Waals surface area contributed by atoms with Gasteiger partial charge < -0.3 is 9.64 Å². The van der Waals surface area contributed by atoms with Crippen LogP contribution in [0.2, 0.25) is 0 Å². The third kappa shape index (κ3) is 4.08. The Hall–Kier alpha value is -2.54. The number of rotatable bonds is 5. The largest absolute Gasteiger partial charge is 0.481 e. The first kappa shape index (κ1) is 19.2. The molecule has 2 aromatic carbocycles. The standard InChI is InChI=1S/C20H24N2O4S/c1-4-14(2)22-13-16-12-17(10-11-19(16)26-15(3)20(22)23)21-27(24,25)18-8-6-5-7-9-18/h5-12,14-15,21H,4,13H2,1-3H3. The number of amides is 1. The fourth-order valence-corrected chi connectivity index (χ4v) is 4.10. The van der Waals surface area contributed by atoms with Crippen LogP contribution in [0, 0.1) is 0 Å². The van der Waals surface area contributed by atoms with Crippen LogP contribution in [0.25, 0.3) is 0 Å². The van der Waals surface area contributed by atoms with E-state index < -0.39 is 16.1 Å². The van der Waals surface area contributed by atoms with Gasteiger partial charge in [-0.15, -0.1) is 0 Å². The Labute approximate surface area is 160 Å². The lowest BCUT2D eigenvalue weighted by Crippen LogP contribution is -2.42. The third-order valence-corrected chi connectivity index (χ3v) is 6.16. The molecule has 0 aliphatic carbocycles. The van der Waals surface area contributed by atoms with E-state index >= 15 is 0 Å². The number of carbonyl (C=O) groups excluding carboxylic acids is 1. The van der Waals surface area contributed by atoms with Gasteiger partial charge in [0.1, 0.15) is 5.75 Å². The Kier molecular flexibility index (Phi) is 5.41. The molecule has 0 bridgehead atoms. The summed E-state index contributed by atoms with van der Waals surface area (Å²) in [6.07, 6.45) is 0.251. The van der Waals surface area contributed by atoms with E-state index in [4.69, 9.17) is 4.74 Å². The number of sulfonamides is 1. The predicted octanol–water partition coefficient (Wildman–Crippen LogP) is 3.40. The highest BCUT2D eigenvalue weighted by Crippen LogP contribution is 2.30. The van der Waals surface area contributed by atoms with Gasteiger partial charge in [0, 0.05) is 23.8 Å². The van der Waals surface area contributed by atoms with Gasteiger partial charge >= 0.3 is 0 Å². The van der Waals surface area contributed by atoms with Crippen molar-refractivity contribution in [3.05, 3.63) is 54.1 Å². The van der Waals surface area contributed by atoms with Gasteiger partial charge in [0.25, 0.3) is 15.9 Å². The van der Waals surface area contributed by atoms with Crippen molar-refractivity contribution in [2.45, 2.75) is 50.8 Å². The van der Waals surface area contributed by atoms with Crippen molar-refractivity contribution in [3.63, 3.8) is 0 Å². The predicted molar refractivity (Wildman–Crippen MR) is 104 cm³/mol. The number of anilines is 1. The first-order valence-electron chi connectivity index (χ1n) is 8.99. The van der Waals surface area contributed by atoms with E-state index in [1.54, 1.807) is 60.4 Å². The molecule has 0 saturated carbocycles. The molecule has 27 heavy (non-hydrogen) atoms. The van der Waals surface area contributed by atoms with E-state index in [1.807, 2.05) is 13.8 Å². The lowest BCUT2D eigenvalue weighted by Gasteiger charge is -2.28. The molecule has 1 amide bonds. The summed E-state index contributed by atoms with van der Waals surface area (Å²) >= 11 is 0. The fourth-order valence-electron chi connectivity index (χ4n) is 3.02. The smallest absolute Gasteiger partial charge is 0.263 e. The highest BCUT2D eigenvalue weighted by molar-refractivity contribution is 7.92. The van der Waals surface area contributed by atoms with Crippen molar-refractivity contribution >= 4 is 21.6 Å². The van der Waals surface area contributed by atoms with E-state index in [0.717, 1.165) is 12.0 Å². The van der Waals surface area contributed by atoms with Crippen LogP contribution < -0.4 is 9.46 Å². The molecule has 1 N–H and O–H groups in total. The monoisotopic (exact) mass is 388 g/mol. The lowest BCUT2D eigenvalue weighted by molar-refractivity contribution is -0.139. The Bertz CT molecular complexity index is 928. The quantitative estimate of drug-likeness (QED) is 0.852. The van der Waals surface area contributed by atoms with Crippen molar-refractivity contribution in [2.75, 3.05) is 4.72 Å². The van der Waals surface area contributed by atoms with E-state index in [-0.39, 0.29) is 16.8 Å². The molecule has 1 heterocycles. The maximum atomic E-state index is 12.6. The maximum Gasteiger partial charge on any atom is 0.263 e. The number of ether oxygens (including phenoxy) is 1. The van der Waals surface area contributed by atoms with Crippen LogP contribution in [0.4, 0.5) is 5.69 Å². The minimum Gasteiger partial charge on any atom is -0.481 e. The van der Waals surface area contributed by atoms with Gasteiger partial charge in [0.05, 0.1) is 4.90 Å². The summed E-state index contributed by atoms with van der Waals surface area (Å²) in [5.41, 5.74) is 1.22. The molecule has 1 aliphatic heterocycles. The average molecular weight is 388 g/mol. The first-order valence-corrected chi connectivity index (χ1v) is 10.5. The minimum absolute atomic E-state index is 0.0630. The summed E-state index contributed by atoms with van der Waals surface area (Å²) in [6, 6.07) is 13.4. The summed E-state index contributed by atoms with van der Waals surface area (Å²) in [4.78, 5) is 14.6. The molecule has 0 spiro atoms. The SMILES string of the molecule is CCC(C)N1Cc2cc(NS(=O)(=O)c3ccccc3)ccc2OC(C)C1=O. The second-order valence-corrected chi connectivity index (χ2v) is 8.41. The number of carbonyl (C=O) groups is 1. The zero-order chi connectivity index (χ0) is 19.6. The second-order valence-electron chi connectivity index (χ2n) is 6.72. The molecule has 2 unspecified atom stereocenters. The Morgan fingerprint density at radius 2 is 1.93 bits per heavy atom. The fraction of sp³-hybridized carbons (Fsp3) is 0.350. The molecule has 2 atom stereocenters. The summed E-state index contributed by atoms with van der Waals surface area (Å²) in [5.74, 6) is 0.538. The van der Waals surface area contributed by atoms with Crippen LogP contribution >= 0.6 is 0 Å². The molecule has 144 valence electrons. The summed E-state index contributed by atoms with van der Waals surface area (Å²) in [5, 5.41) is 0. The number of fused-ring (bicyclic) bond motifs is 1. The zero-order valence-corrected chi connectivity index (χ0v) is 16.5. The van der Waals surface area contributed by atoms with E-state index in [2.05, 4.69) is 4.72 Å². The number of nitrogens with one attached hydrogen (secondary N) is 1. The zero-order valence-electron chi connectivity index (χ0n) is 15.7. The summed E-state index contributed by atoms with van der Waals surface area (Å²) in [6.45, 7) is 6.14. The summed E-state index contributed by atoms with van der Waals surface area (Å²) in [7, 11) is -3.68. The molecule has 0 fully saturated rings. The van der Waals surface area contributed by atoms with Crippen molar-refractivity contribution in [1.82, 2.24) is 4.90 Å². The second kappa shape index (κ2) is 7.60. The van der Waals surface area contributed by atoms with E-state index in [1.165, 1.54) is 0 Å². The highest BCUT2D eigenvalue weighted by atomic mass is 32.2. The van der Waals surface area contributed by atoms with Crippen LogP contribution in [-0.4, -0.2) is 31.4 Å². The van der Waals surface area contributed by atoms with E-state index in [0.29, 0.717) is 18.0 Å². The number of hydrogen-bond donors (Lipinski definition) is 1. The molecule has 1 aliphatic rings. The summed E-state index contributed by atoms with van der Waals surface area (Å²) < 4.78 is 33.5. The van der Waals surface area contributed by atoms with Crippen LogP contribution in [0.1, 0.15) is 32.8 Å². The number of nitrogens with zero attached hydrogens (tertiary/aromatic N) is 1. The molecule has 0 radical (unpaired) electrons. The normalized spacial score (nSPS) is 18.3. The van der Waals surface area contributed by atoms with Crippen LogP contribution in [0.15, 0.2) is 53.4 Å². The van der Waals surface area contributed by atoms with Crippen LogP contribution in [0.3, 0.4) is 0 Å². The van der Waals surface area contributed by atoms with Gasteiger partial charge in [0.2, 0.25) is 0 Å². The lowest BCUT2D eigenvalue weighted by atomic mass is 10.1. The van der Waals surface area contributed by atoms with Crippen molar-refractivity contribution in [2.24, 2.45) is 0 Å². The van der Waals surface area contributed by atoms with Gasteiger partial charge in [-0.2, -0.15) is 0 Å². The van der Waals surface area contributed by atoms with Gasteiger partial charge in [-0.3, -0.25) is 9.52 Å². The highest BCUT2D eigenvalue weighted by Gasteiger charge is 2.30. The number of hydrogen-bond acceptors (Lipinski definition) is 4. The first-order chi connectivity index (χ1) is 12.8. The molecule has 7 heteroatoms. The Balaban J connectivity index is 1.91. The van der Waals surface area contributed by atoms with Gasteiger partial charge in [0.15, 0.2) is 6.10 Å². The molecule has 0 aromatic heterocycles. The Morgan fingerprint density at radius 3 is 2.59 bits per heavy atom. The number of benzene rings is 2. The van der Waals surface area contributed by atoms with Gasteiger partial charge in [-0.1, -0.05) is 25.1 Å². The Morgan fingerprint density at radius 1 is 1.22 bits per heavy atom. The van der Waals surface area contributed by atoms with Crippen LogP contribution in [-0.2, 0) is 21.4 Å². The van der Waals surface area contributed by atoms with Crippen molar-refractivity contribution in [3.8, 4) is 5.75 Å². The maximum absolute atomic E-state index is 12.6. The molecule has 0 saturated heterocycles.